The molecule has 0 bridgehead atoms. The Bertz CT molecular complexity index is 1560. The maximum absolute atomic E-state index is 13.0. The summed E-state index contributed by atoms with van der Waals surface area (Å²) in [6.07, 6.45) is 7.58. The zero-order valence-electron chi connectivity index (χ0n) is 18.2. The monoisotopic (exact) mass is 450 g/mol. The molecule has 1 saturated heterocycles. The lowest BCUT2D eigenvalue weighted by atomic mass is 9.99. The number of fused-ring (bicyclic) bond motifs is 1. The minimum atomic E-state index is -0.418. The van der Waals surface area contributed by atoms with Crippen LogP contribution in [0, 0.1) is 6.92 Å². The molecule has 1 aliphatic heterocycles. The van der Waals surface area contributed by atoms with E-state index in [4.69, 9.17) is 4.42 Å². The van der Waals surface area contributed by atoms with Gasteiger partial charge in [0.1, 0.15) is 5.58 Å². The highest BCUT2D eigenvalue weighted by Gasteiger charge is 2.19. The first kappa shape index (κ1) is 20.0. The molecule has 0 saturated carbocycles. The van der Waals surface area contributed by atoms with Crippen LogP contribution in [0.3, 0.4) is 0 Å². The molecule has 5 aromatic rings. The molecule has 10 nitrogen and oxygen atoms in total. The first-order valence-corrected chi connectivity index (χ1v) is 10.8. The highest BCUT2D eigenvalue weighted by molar-refractivity contribution is 5.89. The molecule has 166 valence electrons. The fraction of sp³-hybridized carbons (Fsp3) is 0.167. The summed E-state index contributed by atoms with van der Waals surface area (Å²) in [5, 5.41) is 17.3. The van der Waals surface area contributed by atoms with E-state index in [9.17, 15) is 4.79 Å². The van der Waals surface area contributed by atoms with Crippen LogP contribution in [-0.2, 0) is 0 Å². The highest BCUT2D eigenvalue weighted by atomic mass is 16.4. The molecule has 4 aromatic heterocycles. The predicted octanol–water partition coefficient (Wildman–Crippen LogP) is 3.08. The van der Waals surface area contributed by atoms with E-state index in [1.54, 1.807) is 36.9 Å². The maximum Gasteiger partial charge on any atom is 0.344 e. The van der Waals surface area contributed by atoms with E-state index in [0.717, 1.165) is 29.7 Å². The second-order valence-electron chi connectivity index (χ2n) is 7.99. The first-order valence-electron chi connectivity index (χ1n) is 10.8. The van der Waals surface area contributed by atoms with Gasteiger partial charge in [-0.05, 0) is 43.2 Å². The van der Waals surface area contributed by atoms with Crippen molar-refractivity contribution in [3.05, 3.63) is 71.1 Å². The summed E-state index contributed by atoms with van der Waals surface area (Å²) in [5.74, 6) is 0.829. The van der Waals surface area contributed by atoms with E-state index in [-0.39, 0.29) is 11.6 Å². The zero-order chi connectivity index (χ0) is 23.1. The molecule has 1 fully saturated rings. The van der Waals surface area contributed by atoms with Gasteiger partial charge in [0, 0.05) is 66.1 Å². The molecule has 0 radical (unpaired) electrons. The highest BCUT2D eigenvalue weighted by Crippen LogP contribution is 2.31. The Morgan fingerprint density at radius 3 is 2.35 bits per heavy atom. The molecule has 0 spiro atoms. The average Bonchev–Trinajstić information content (AvgIpc) is 2.84. The minimum Gasteiger partial charge on any atom is -0.422 e. The van der Waals surface area contributed by atoms with Crippen molar-refractivity contribution < 1.29 is 4.42 Å². The predicted molar refractivity (Wildman–Crippen MR) is 125 cm³/mol. The van der Waals surface area contributed by atoms with Crippen LogP contribution in [0.4, 0.5) is 5.69 Å². The Morgan fingerprint density at radius 1 is 0.882 bits per heavy atom. The van der Waals surface area contributed by atoms with Gasteiger partial charge in [0.05, 0.1) is 5.56 Å². The normalized spacial score (nSPS) is 13.1. The Labute approximate surface area is 193 Å². The largest absolute Gasteiger partial charge is 0.422 e. The van der Waals surface area contributed by atoms with Gasteiger partial charge < -0.3 is 9.32 Å². The summed E-state index contributed by atoms with van der Waals surface area (Å²) in [6, 6.07) is 9.49. The number of benzene rings is 1. The summed E-state index contributed by atoms with van der Waals surface area (Å²) < 4.78 is 5.72. The van der Waals surface area contributed by atoms with E-state index in [2.05, 4.69) is 46.3 Å². The van der Waals surface area contributed by atoms with Crippen LogP contribution < -0.4 is 10.5 Å². The molecule has 0 aliphatic carbocycles. The zero-order valence-corrected chi connectivity index (χ0v) is 18.2. The van der Waals surface area contributed by atoms with E-state index < -0.39 is 5.63 Å². The third kappa shape index (κ3) is 3.45. The van der Waals surface area contributed by atoms with Crippen LogP contribution in [0.5, 0.6) is 0 Å². The third-order valence-electron chi connectivity index (χ3n) is 5.90. The van der Waals surface area contributed by atoms with Gasteiger partial charge in [0.25, 0.3) is 0 Å². The quantitative estimate of drug-likeness (QED) is 0.377. The summed E-state index contributed by atoms with van der Waals surface area (Å²) in [4.78, 5) is 27.7. The number of rotatable bonds is 4. The van der Waals surface area contributed by atoms with E-state index in [1.165, 1.54) is 6.42 Å². The van der Waals surface area contributed by atoms with Crippen molar-refractivity contribution in [3.8, 4) is 34.2 Å². The van der Waals surface area contributed by atoms with E-state index in [0.29, 0.717) is 28.1 Å². The number of aromatic nitrogens is 7. The number of anilines is 1. The van der Waals surface area contributed by atoms with Crippen molar-refractivity contribution >= 4 is 16.7 Å². The van der Waals surface area contributed by atoms with Gasteiger partial charge in [0.15, 0.2) is 0 Å². The molecule has 6 rings (SSSR count). The summed E-state index contributed by atoms with van der Waals surface area (Å²) >= 11 is 0. The second-order valence-corrected chi connectivity index (χ2v) is 7.99. The Morgan fingerprint density at radius 2 is 1.62 bits per heavy atom. The standard InChI is InChI=1S/C24H18N8O2/c1-14-18-5-4-17(32-8-3-9-32)11-19(18)34-24(33)20(14)15-10-16(13-25-12-15)21-28-30-23(31-29-21)22-26-6-2-7-27-22/h2,4-7,10-13H,3,8-9H2,1H3. The van der Waals surface area contributed by atoms with Crippen molar-refractivity contribution in [1.29, 1.82) is 0 Å². The molecular formula is C24H18N8O2. The minimum absolute atomic E-state index is 0.220. The van der Waals surface area contributed by atoms with Crippen molar-refractivity contribution in [1.82, 2.24) is 35.3 Å². The van der Waals surface area contributed by atoms with Crippen LogP contribution in [0.2, 0.25) is 0 Å². The topological polar surface area (TPSA) is 124 Å². The van der Waals surface area contributed by atoms with Gasteiger partial charge in [-0.1, -0.05) is 0 Å². The maximum atomic E-state index is 13.0. The molecule has 0 atom stereocenters. The molecule has 0 N–H and O–H groups in total. The van der Waals surface area contributed by atoms with Gasteiger partial charge in [-0.15, -0.1) is 20.4 Å². The lowest BCUT2D eigenvalue weighted by Gasteiger charge is -2.33. The number of hydrogen-bond donors (Lipinski definition) is 0. The first-order chi connectivity index (χ1) is 16.7. The molecule has 1 aromatic carbocycles. The lowest BCUT2D eigenvalue weighted by molar-refractivity contribution is 0.561. The summed E-state index contributed by atoms with van der Waals surface area (Å²) in [5.41, 5.74) is 3.69. The molecule has 5 heterocycles. The SMILES string of the molecule is Cc1c(-c2cncc(-c3nnc(-c4ncccn4)nn3)c2)c(=O)oc2cc(N3CCC3)ccc12. The number of nitrogens with zero attached hydrogens (tertiary/aromatic N) is 8. The van der Waals surface area contributed by atoms with Crippen LogP contribution in [0.15, 0.2) is 64.3 Å². The molecule has 0 amide bonds. The Hall–Kier alpha value is -4.60. The Balaban J connectivity index is 1.38. The van der Waals surface area contributed by atoms with Gasteiger partial charge in [-0.2, -0.15) is 0 Å². The smallest absolute Gasteiger partial charge is 0.344 e. The van der Waals surface area contributed by atoms with Gasteiger partial charge in [0.2, 0.25) is 17.5 Å². The fourth-order valence-electron chi connectivity index (χ4n) is 4.00. The molecule has 10 heteroatoms. The van der Waals surface area contributed by atoms with Crippen LogP contribution >= 0.6 is 0 Å². The van der Waals surface area contributed by atoms with Crippen LogP contribution in [0.1, 0.15) is 12.0 Å². The van der Waals surface area contributed by atoms with E-state index >= 15 is 0 Å². The number of hydrogen-bond acceptors (Lipinski definition) is 10. The fourth-order valence-corrected chi connectivity index (χ4v) is 4.00. The molecule has 0 unspecified atom stereocenters. The average molecular weight is 450 g/mol. The summed E-state index contributed by atoms with van der Waals surface area (Å²) in [6.45, 7) is 3.96. The molecule has 1 aliphatic rings. The van der Waals surface area contributed by atoms with Crippen molar-refractivity contribution in [2.45, 2.75) is 13.3 Å². The second kappa shape index (κ2) is 8.07. The van der Waals surface area contributed by atoms with Crippen molar-refractivity contribution in [2.24, 2.45) is 0 Å². The van der Waals surface area contributed by atoms with Crippen molar-refractivity contribution in [2.75, 3.05) is 18.0 Å². The lowest BCUT2D eigenvalue weighted by Crippen LogP contribution is -2.36. The molecular weight excluding hydrogens is 432 g/mol. The summed E-state index contributed by atoms with van der Waals surface area (Å²) in [7, 11) is 0. The third-order valence-corrected chi connectivity index (χ3v) is 5.90. The van der Waals surface area contributed by atoms with Crippen LogP contribution in [0.25, 0.3) is 45.1 Å². The number of aryl methyl sites for hydroxylation is 1. The van der Waals surface area contributed by atoms with Gasteiger partial charge in [-0.25, -0.2) is 14.8 Å². The van der Waals surface area contributed by atoms with Gasteiger partial charge >= 0.3 is 5.63 Å². The van der Waals surface area contributed by atoms with Crippen molar-refractivity contribution in [3.63, 3.8) is 0 Å². The molecule has 34 heavy (non-hydrogen) atoms. The Kier molecular flexibility index (Phi) is 4.76. The van der Waals surface area contributed by atoms with Crippen LogP contribution in [-0.4, -0.2) is 48.4 Å². The van der Waals surface area contributed by atoms with Gasteiger partial charge in [-0.3, -0.25) is 4.98 Å². The van der Waals surface area contributed by atoms with E-state index in [1.807, 2.05) is 19.1 Å². The number of pyridine rings is 1.